The van der Waals surface area contributed by atoms with Crippen molar-refractivity contribution in [2.45, 2.75) is 45.4 Å². The van der Waals surface area contributed by atoms with Crippen molar-refractivity contribution in [3.05, 3.63) is 17.5 Å². The van der Waals surface area contributed by atoms with Gasteiger partial charge in [-0.3, -0.25) is 4.79 Å². The summed E-state index contributed by atoms with van der Waals surface area (Å²) in [5, 5.41) is 0. The highest BCUT2D eigenvalue weighted by atomic mass is 16.2. The van der Waals surface area contributed by atoms with Crippen LogP contribution in [0.15, 0.2) is 6.07 Å². The van der Waals surface area contributed by atoms with E-state index in [9.17, 15) is 4.79 Å². The number of carbonyl (C=O) groups excluding carboxylic acids is 1. The second-order valence-corrected chi connectivity index (χ2v) is 6.23. The van der Waals surface area contributed by atoms with E-state index in [4.69, 9.17) is 0 Å². The zero-order valence-corrected chi connectivity index (χ0v) is 13.6. The first-order chi connectivity index (χ1) is 9.99. The van der Waals surface area contributed by atoms with Crippen LogP contribution in [0.4, 0.5) is 5.95 Å². The Morgan fingerprint density at radius 2 is 1.76 bits per heavy atom. The number of carbonyl (C=O) groups is 1. The molecule has 5 nitrogen and oxygen atoms in total. The molecule has 0 aromatic carbocycles. The Hall–Kier alpha value is -1.65. The minimum atomic E-state index is 0.0456. The number of hydrogen-bond acceptors (Lipinski definition) is 4. The quantitative estimate of drug-likeness (QED) is 0.859. The highest BCUT2D eigenvalue weighted by molar-refractivity contribution is 5.92. The van der Waals surface area contributed by atoms with Crippen molar-refractivity contribution in [2.24, 2.45) is 0 Å². The summed E-state index contributed by atoms with van der Waals surface area (Å²) >= 11 is 0. The predicted octanol–water partition coefficient (Wildman–Crippen LogP) is 2.68. The monoisotopic (exact) mass is 290 g/mol. The molecule has 116 valence electrons. The van der Waals surface area contributed by atoms with Gasteiger partial charge < -0.3 is 9.80 Å². The van der Waals surface area contributed by atoms with Gasteiger partial charge in [-0.15, -0.1) is 0 Å². The summed E-state index contributed by atoms with van der Waals surface area (Å²) in [7, 11) is 3.80. The molecule has 1 saturated heterocycles. The molecule has 0 bridgehead atoms. The van der Waals surface area contributed by atoms with E-state index in [1.807, 2.05) is 30.0 Å². The maximum Gasteiger partial charge on any atom is 0.272 e. The van der Waals surface area contributed by atoms with Gasteiger partial charge >= 0.3 is 0 Å². The van der Waals surface area contributed by atoms with Gasteiger partial charge in [0.2, 0.25) is 5.95 Å². The zero-order valence-electron chi connectivity index (χ0n) is 13.6. The topological polar surface area (TPSA) is 49.3 Å². The maximum atomic E-state index is 12.7. The smallest absolute Gasteiger partial charge is 0.272 e. The maximum absolute atomic E-state index is 12.7. The Kier molecular flexibility index (Phi) is 5.15. The van der Waals surface area contributed by atoms with Crippen molar-refractivity contribution in [3.8, 4) is 0 Å². The fraction of sp³-hybridized carbons (Fsp3) is 0.688. The fourth-order valence-corrected chi connectivity index (χ4v) is 2.49. The lowest BCUT2D eigenvalue weighted by molar-refractivity contribution is 0.0755. The van der Waals surface area contributed by atoms with E-state index < -0.39 is 0 Å². The summed E-state index contributed by atoms with van der Waals surface area (Å²) in [6.07, 6.45) is 4.62. The van der Waals surface area contributed by atoms with Crippen molar-refractivity contribution < 1.29 is 4.79 Å². The van der Waals surface area contributed by atoms with Crippen molar-refractivity contribution in [2.75, 3.05) is 32.1 Å². The van der Waals surface area contributed by atoms with Crippen LogP contribution in [0.1, 0.15) is 61.6 Å². The van der Waals surface area contributed by atoms with Crippen LogP contribution in [0, 0.1) is 0 Å². The first kappa shape index (κ1) is 15.7. The van der Waals surface area contributed by atoms with Gasteiger partial charge in [-0.2, -0.15) is 0 Å². The van der Waals surface area contributed by atoms with Crippen molar-refractivity contribution in [1.29, 1.82) is 0 Å². The van der Waals surface area contributed by atoms with Gasteiger partial charge in [-0.25, -0.2) is 9.97 Å². The van der Waals surface area contributed by atoms with Crippen molar-refractivity contribution >= 4 is 11.9 Å². The average molecular weight is 290 g/mol. The third kappa shape index (κ3) is 3.93. The number of nitrogens with zero attached hydrogens (tertiary/aromatic N) is 4. The lowest BCUT2D eigenvalue weighted by atomic mass is 10.1. The number of likely N-dealkylation sites (tertiary alicyclic amines) is 1. The van der Waals surface area contributed by atoms with Gasteiger partial charge in [0, 0.05) is 32.9 Å². The number of hydrogen-bond donors (Lipinski definition) is 0. The molecule has 5 heteroatoms. The molecule has 1 aromatic heterocycles. The first-order valence-electron chi connectivity index (χ1n) is 7.84. The molecule has 1 aromatic rings. The molecular weight excluding hydrogens is 264 g/mol. The van der Waals surface area contributed by atoms with Gasteiger partial charge in [0.05, 0.1) is 0 Å². The molecule has 0 atom stereocenters. The molecule has 0 saturated carbocycles. The Labute approximate surface area is 127 Å². The SMILES string of the molecule is CC(C)c1cc(C(=O)N2CCCCCC2)nc(N(C)C)n1. The molecule has 1 aliphatic rings. The molecule has 21 heavy (non-hydrogen) atoms. The second-order valence-electron chi connectivity index (χ2n) is 6.23. The molecule has 0 N–H and O–H groups in total. The molecule has 1 amide bonds. The lowest BCUT2D eigenvalue weighted by Gasteiger charge is -2.21. The molecule has 1 aliphatic heterocycles. The fourth-order valence-electron chi connectivity index (χ4n) is 2.49. The number of rotatable bonds is 3. The Balaban J connectivity index is 2.30. The number of aromatic nitrogens is 2. The van der Waals surface area contributed by atoms with E-state index in [2.05, 4.69) is 23.8 Å². The van der Waals surface area contributed by atoms with Crippen LogP contribution in [0.5, 0.6) is 0 Å². The minimum absolute atomic E-state index is 0.0456. The molecule has 1 fully saturated rings. The van der Waals surface area contributed by atoms with Gasteiger partial charge in [-0.05, 0) is 24.8 Å². The van der Waals surface area contributed by atoms with Gasteiger partial charge in [0.1, 0.15) is 5.69 Å². The largest absolute Gasteiger partial charge is 0.347 e. The summed E-state index contributed by atoms with van der Waals surface area (Å²) in [5.41, 5.74) is 1.45. The standard InChI is InChI=1S/C16H26N4O/c1-12(2)13-11-14(18-16(17-13)19(3)4)15(21)20-9-7-5-6-8-10-20/h11-12H,5-10H2,1-4H3. The zero-order chi connectivity index (χ0) is 15.4. The van der Waals surface area contributed by atoms with Crippen LogP contribution in [-0.4, -0.2) is 48.0 Å². The summed E-state index contributed by atoms with van der Waals surface area (Å²) in [4.78, 5) is 25.5. The lowest BCUT2D eigenvalue weighted by Crippen LogP contribution is -2.33. The molecule has 2 heterocycles. The van der Waals surface area contributed by atoms with Crippen LogP contribution in [0.25, 0.3) is 0 Å². The normalized spacial score (nSPS) is 16.0. The van der Waals surface area contributed by atoms with Gasteiger partial charge in [0.15, 0.2) is 0 Å². The van der Waals surface area contributed by atoms with E-state index >= 15 is 0 Å². The van der Waals surface area contributed by atoms with Crippen LogP contribution in [0.2, 0.25) is 0 Å². The molecular formula is C16H26N4O. The summed E-state index contributed by atoms with van der Waals surface area (Å²) in [6, 6.07) is 1.85. The number of amides is 1. The summed E-state index contributed by atoms with van der Waals surface area (Å²) < 4.78 is 0. The van der Waals surface area contributed by atoms with E-state index in [1.54, 1.807) is 0 Å². The Bertz CT molecular complexity index is 465. The van der Waals surface area contributed by atoms with Gasteiger partial charge in [0.25, 0.3) is 5.91 Å². The van der Waals surface area contributed by atoms with Crippen LogP contribution in [-0.2, 0) is 0 Å². The summed E-state index contributed by atoms with van der Waals surface area (Å²) in [6.45, 7) is 5.86. The van der Waals surface area contributed by atoms with E-state index in [0.29, 0.717) is 11.6 Å². The Morgan fingerprint density at radius 1 is 1.14 bits per heavy atom. The molecule has 2 rings (SSSR count). The first-order valence-corrected chi connectivity index (χ1v) is 7.84. The second kappa shape index (κ2) is 6.87. The van der Waals surface area contributed by atoms with E-state index in [1.165, 1.54) is 12.8 Å². The molecule has 0 aliphatic carbocycles. The van der Waals surface area contributed by atoms with E-state index in [0.717, 1.165) is 31.6 Å². The summed E-state index contributed by atoms with van der Waals surface area (Å²) in [5.74, 6) is 0.936. The predicted molar refractivity (Wildman–Crippen MR) is 84.8 cm³/mol. The minimum Gasteiger partial charge on any atom is -0.347 e. The third-order valence-corrected chi connectivity index (χ3v) is 3.84. The highest BCUT2D eigenvalue weighted by Crippen LogP contribution is 2.18. The Morgan fingerprint density at radius 3 is 2.29 bits per heavy atom. The van der Waals surface area contributed by atoms with Crippen LogP contribution >= 0.6 is 0 Å². The molecule has 0 spiro atoms. The average Bonchev–Trinajstić information content (AvgIpc) is 2.74. The van der Waals surface area contributed by atoms with Crippen molar-refractivity contribution in [3.63, 3.8) is 0 Å². The molecule has 0 unspecified atom stereocenters. The molecule has 0 radical (unpaired) electrons. The van der Waals surface area contributed by atoms with Crippen LogP contribution in [0.3, 0.4) is 0 Å². The van der Waals surface area contributed by atoms with Crippen LogP contribution < -0.4 is 4.90 Å². The highest BCUT2D eigenvalue weighted by Gasteiger charge is 2.21. The van der Waals surface area contributed by atoms with Crippen molar-refractivity contribution in [1.82, 2.24) is 14.9 Å². The third-order valence-electron chi connectivity index (χ3n) is 3.84. The van der Waals surface area contributed by atoms with E-state index in [-0.39, 0.29) is 11.8 Å². The number of anilines is 1. The van der Waals surface area contributed by atoms with Gasteiger partial charge in [-0.1, -0.05) is 26.7 Å².